The number of methoxy groups -OCH3 is 2. The first kappa shape index (κ1) is 71.4. The zero-order valence-electron chi connectivity index (χ0n) is 55.3. The second-order valence-corrected chi connectivity index (χ2v) is 26.7. The van der Waals surface area contributed by atoms with Gasteiger partial charge >= 0.3 is 24.3 Å². The van der Waals surface area contributed by atoms with Crippen LogP contribution in [0.5, 0.6) is 5.75 Å². The average molecular weight is 1370 g/mol. The van der Waals surface area contributed by atoms with Crippen molar-refractivity contribution in [2.45, 2.75) is 168 Å². The number of aliphatic hydroxyl groups excluding tert-OH is 1. The molecule has 3 aromatic carbocycles. The molecule has 6 aromatic rings. The molecule has 0 aliphatic carbocycles. The number of urea groups is 1. The molecule has 6 atom stereocenters. The molecule has 8 amide bonds. The number of rotatable bonds is 8. The fraction of sp³-hybridized carbons (Fsp3) is 0.477. The minimum atomic E-state index is -0.663. The van der Waals surface area contributed by atoms with Crippen molar-refractivity contribution in [3.8, 4) is 5.75 Å². The van der Waals surface area contributed by atoms with Crippen LogP contribution in [-0.4, -0.2) is 173 Å². The molecule has 3 aromatic heterocycles. The van der Waals surface area contributed by atoms with Crippen LogP contribution in [0.25, 0.3) is 0 Å². The van der Waals surface area contributed by atoms with Gasteiger partial charge in [-0.2, -0.15) is 15.3 Å². The number of anilines is 5. The van der Waals surface area contributed by atoms with Gasteiger partial charge in [0.05, 0.1) is 177 Å². The number of hydrogen-bond acceptors (Lipinski definition) is 16. The molecule has 0 spiro atoms. The van der Waals surface area contributed by atoms with Gasteiger partial charge in [0.2, 0.25) is 17.7 Å². The highest BCUT2D eigenvalue weighted by Crippen LogP contribution is 2.35. The molecule has 27 nitrogen and oxygen atoms in total. The summed E-state index contributed by atoms with van der Waals surface area (Å²) in [6, 6.07) is 16.0. The Balaban J connectivity index is 0.000000152. The molecule has 0 bridgehead atoms. The van der Waals surface area contributed by atoms with E-state index in [9.17, 15) is 47.4 Å². The molecular weight excluding hydrogens is 1290 g/mol. The summed E-state index contributed by atoms with van der Waals surface area (Å²) < 4.78 is 58.4. The number of β-amino-alcohol motifs (C(OH)–C–C–N with tert-alkyl or cyclic N) is 1. The van der Waals surface area contributed by atoms with E-state index in [0.717, 1.165) is 22.8 Å². The van der Waals surface area contributed by atoms with E-state index in [-0.39, 0.29) is 89.3 Å². The van der Waals surface area contributed by atoms with Gasteiger partial charge in [0.15, 0.2) is 0 Å². The Morgan fingerprint density at radius 1 is 0.542 bits per heavy atom. The fourth-order valence-corrected chi connectivity index (χ4v) is 11.7. The van der Waals surface area contributed by atoms with Crippen LogP contribution < -0.4 is 30.1 Å². The van der Waals surface area contributed by atoms with Gasteiger partial charge in [0, 0.05) is 25.6 Å². The van der Waals surface area contributed by atoms with Gasteiger partial charge in [-0.3, -0.25) is 43.5 Å². The van der Waals surface area contributed by atoms with Crippen LogP contribution in [0.2, 0.25) is 10.0 Å². The van der Waals surface area contributed by atoms with Gasteiger partial charge in [-0.25, -0.2) is 28.0 Å². The van der Waals surface area contributed by atoms with Crippen LogP contribution in [0.4, 0.5) is 56.4 Å². The molecule has 12 rings (SSSR count). The molecule has 31 heteroatoms. The molecule has 6 aliphatic heterocycles. The summed E-state index contributed by atoms with van der Waals surface area (Å²) in [4.78, 5) is 96.0. The highest BCUT2D eigenvalue weighted by atomic mass is 35.5. The van der Waals surface area contributed by atoms with E-state index in [1.807, 2.05) is 82.4 Å². The maximum absolute atomic E-state index is 13.4. The maximum atomic E-state index is 13.4. The second-order valence-electron chi connectivity index (χ2n) is 25.9. The van der Waals surface area contributed by atoms with E-state index in [2.05, 4.69) is 25.9 Å². The van der Waals surface area contributed by atoms with E-state index >= 15 is 0 Å². The number of amides is 8. The molecule has 6 aliphatic rings. The van der Waals surface area contributed by atoms with Gasteiger partial charge in [0.25, 0.3) is 0 Å². The van der Waals surface area contributed by atoms with Crippen molar-refractivity contribution in [2.24, 2.45) is 0 Å². The number of benzene rings is 3. The van der Waals surface area contributed by atoms with Crippen LogP contribution in [0, 0.1) is 11.6 Å². The number of halogens is 4. The van der Waals surface area contributed by atoms with Crippen molar-refractivity contribution in [3.63, 3.8) is 0 Å². The zero-order chi connectivity index (χ0) is 69.7. The van der Waals surface area contributed by atoms with Gasteiger partial charge in [-0.1, -0.05) is 41.4 Å². The summed E-state index contributed by atoms with van der Waals surface area (Å²) in [7, 11) is 3.20. The van der Waals surface area contributed by atoms with Gasteiger partial charge in [0.1, 0.15) is 28.6 Å². The summed E-state index contributed by atoms with van der Waals surface area (Å²) in [5.41, 5.74) is 4.22. The third kappa shape index (κ3) is 17.4. The van der Waals surface area contributed by atoms with Crippen LogP contribution in [0.1, 0.15) is 98.7 Å². The predicted molar refractivity (Wildman–Crippen MR) is 351 cm³/mol. The smallest absolute Gasteiger partial charge is 0.417 e. The summed E-state index contributed by atoms with van der Waals surface area (Å²) >= 11 is 11.4. The minimum absolute atomic E-state index is 0.0186. The molecule has 0 radical (unpaired) electrons. The van der Waals surface area contributed by atoms with Crippen molar-refractivity contribution in [3.05, 3.63) is 124 Å². The predicted octanol–water partition coefficient (Wildman–Crippen LogP) is 9.85. The average Bonchev–Trinajstić information content (AvgIpc) is 1.62. The maximum Gasteiger partial charge on any atom is 0.417 e. The van der Waals surface area contributed by atoms with Crippen LogP contribution in [0.15, 0.2) is 85.3 Å². The van der Waals surface area contributed by atoms with Gasteiger partial charge < -0.3 is 53.7 Å². The van der Waals surface area contributed by atoms with Crippen molar-refractivity contribution in [1.29, 1.82) is 0 Å². The van der Waals surface area contributed by atoms with E-state index in [1.165, 1.54) is 36.4 Å². The molecule has 516 valence electrons. The first-order valence-corrected chi connectivity index (χ1v) is 31.9. The lowest BCUT2D eigenvalue weighted by molar-refractivity contribution is -0.118. The van der Waals surface area contributed by atoms with Gasteiger partial charge in [-0.05, 0) is 111 Å². The topological polar surface area (TPSA) is 283 Å². The Morgan fingerprint density at radius 2 is 0.927 bits per heavy atom. The standard InChI is InChI=1S/C19H21ClFN5O3.C17H26N4O4.C16H24N4O4.C13H9ClFNO2/c1-11-8-26-17(16(7-22-26)25-9-13(29-2)6-18(25)27)10-24(11)19(28)23-12-3-4-15(21)14(20)5-12;1-11-8-21-14(10-19(11)16(23)25-17(2,3)4)13(7-18-21)20-9-12(24-5)6-15(20)22;1-10-7-20-13(9-18(10)15(23)24-16(2,3)4)12(6-17-20)19-8-11(21)5-14(19)22;14-11-8-9(6-7-12(11)15)16-13(17)18-10-4-2-1-3-5-10/h3-5,7,11,13H,6,8-10H2,1-2H3,(H,23,28);7,11-12H,6,8-10H2,1-5H3;6,10-11,21H,5,7-9H2,1-4H3;1-8H,(H,16,17)/t11-,13?;11-,12?;10-,11?;/m000./s1. The zero-order valence-corrected chi connectivity index (χ0v) is 56.8. The van der Waals surface area contributed by atoms with Crippen LogP contribution >= 0.6 is 23.2 Å². The molecule has 3 fully saturated rings. The number of fused-ring (bicyclic) bond motifs is 3. The first-order chi connectivity index (χ1) is 45.4. The lowest BCUT2D eigenvalue weighted by Gasteiger charge is -2.36. The SMILES string of the molecule is COC1CC(=O)N(c2cnn3c2CN(C(=O)Nc2ccc(F)c(Cl)c2)[C@@H](C)C3)C1.COC1CC(=O)N(c2cnn3c2CN(C(=O)OC(C)(C)C)[C@@H](C)C3)C1.C[C@H]1Cn2ncc(N3CC(O)CC3=O)c2CN1C(=O)OC(C)(C)C.O=C(Nc1ccc(F)c(Cl)c1)Oc1ccccc1. The van der Waals surface area contributed by atoms with Crippen molar-refractivity contribution in [1.82, 2.24) is 44.0 Å². The number of aromatic nitrogens is 6. The summed E-state index contributed by atoms with van der Waals surface area (Å²) in [5, 5.41) is 27.9. The van der Waals surface area contributed by atoms with Crippen molar-refractivity contribution in [2.75, 3.05) is 59.2 Å². The number of para-hydroxylation sites is 1. The normalized spacial score (nSPS) is 20.6. The van der Waals surface area contributed by atoms with E-state index < -0.39 is 35.0 Å². The Morgan fingerprint density at radius 3 is 1.30 bits per heavy atom. The Hall–Kier alpha value is -8.90. The number of carbonyl (C=O) groups excluding carboxylic acids is 7. The van der Waals surface area contributed by atoms with Crippen LogP contribution in [0.3, 0.4) is 0 Å². The molecule has 3 saturated heterocycles. The van der Waals surface area contributed by atoms with Crippen molar-refractivity contribution < 1.29 is 71.1 Å². The van der Waals surface area contributed by atoms with E-state index in [1.54, 1.807) is 86.5 Å². The molecule has 3 N–H and O–H groups in total. The summed E-state index contributed by atoms with van der Waals surface area (Å²) in [6.45, 7) is 20.7. The molecule has 3 unspecified atom stereocenters. The molecule has 0 saturated carbocycles. The number of nitrogens with zero attached hydrogens (tertiary/aromatic N) is 12. The Bertz CT molecular complexity index is 3840. The summed E-state index contributed by atoms with van der Waals surface area (Å²) in [6.07, 6.45) is 3.53. The monoisotopic (exact) mass is 1370 g/mol. The highest BCUT2D eigenvalue weighted by Gasteiger charge is 2.41. The van der Waals surface area contributed by atoms with Crippen LogP contribution in [-0.2, 0) is 72.6 Å². The Labute approximate surface area is 563 Å². The Kier molecular flexibility index (Phi) is 22.3. The number of carbonyl (C=O) groups is 7. The molecule has 96 heavy (non-hydrogen) atoms. The van der Waals surface area contributed by atoms with E-state index in [4.69, 9.17) is 46.9 Å². The third-order valence-corrected chi connectivity index (χ3v) is 16.9. The lowest BCUT2D eigenvalue weighted by Crippen LogP contribution is -2.47. The fourth-order valence-electron chi connectivity index (χ4n) is 11.4. The minimum Gasteiger partial charge on any atom is -0.444 e. The van der Waals surface area contributed by atoms with Gasteiger partial charge in [-0.15, -0.1) is 0 Å². The quantitative estimate of drug-likeness (QED) is 0.128. The number of ether oxygens (including phenoxy) is 5. The summed E-state index contributed by atoms with van der Waals surface area (Å²) in [5.74, 6) is -0.801. The number of aliphatic hydroxyl groups is 1. The largest absolute Gasteiger partial charge is 0.444 e. The highest BCUT2D eigenvalue weighted by molar-refractivity contribution is 6.31. The third-order valence-electron chi connectivity index (χ3n) is 16.3. The second kappa shape index (κ2) is 30.0. The first-order valence-electron chi connectivity index (χ1n) is 31.2. The van der Waals surface area contributed by atoms with Crippen molar-refractivity contribution >= 4 is 93.7 Å². The molecule has 9 heterocycles. The van der Waals surface area contributed by atoms with E-state index in [0.29, 0.717) is 93.7 Å². The lowest BCUT2D eigenvalue weighted by atomic mass is 10.2. The number of nitrogens with one attached hydrogen (secondary N) is 2. The molecular formula is C65H80Cl2F2N14O13. The number of hydrogen-bond donors (Lipinski definition) is 3.